The predicted octanol–water partition coefficient (Wildman–Crippen LogP) is 3.14. The fourth-order valence-electron chi connectivity index (χ4n) is 1.16. The van der Waals surface area contributed by atoms with Gasteiger partial charge in [0.15, 0.2) is 0 Å². The maximum absolute atomic E-state index is 11.4. The van der Waals surface area contributed by atoms with Gasteiger partial charge in [-0.3, -0.25) is 4.79 Å². The highest BCUT2D eigenvalue weighted by atomic mass is 79.9. The van der Waals surface area contributed by atoms with E-state index in [0.29, 0.717) is 12.3 Å². The van der Waals surface area contributed by atoms with Crippen molar-refractivity contribution in [1.29, 1.82) is 0 Å². The van der Waals surface area contributed by atoms with Crippen LogP contribution in [0, 0.1) is 0 Å². The molecule has 0 spiro atoms. The standard InChI is InChI=1S/C10H13BrClNOS/c1-13(10(14)2-4-12)5-3-9-6-8(11)7-15-9/h6-7H,2-5H2,1H3. The quantitative estimate of drug-likeness (QED) is 0.765. The number of nitrogens with zero attached hydrogens (tertiary/aromatic N) is 1. The first-order valence-electron chi connectivity index (χ1n) is 4.66. The molecule has 0 fully saturated rings. The van der Waals surface area contributed by atoms with Gasteiger partial charge in [0.2, 0.25) is 5.91 Å². The van der Waals surface area contributed by atoms with Gasteiger partial charge in [-0.2, -0.15) is 0 Å². The molecule has 5 heteroatoms. The van der Waals surface area contributed by atoms with E-state index in [-0.39, 0.29) is 5.91 Å². The lowest BCUT2D eigenvalue weighted by atomic mass is 10.3. The zero-order valence-electron chi connectivity index (χ0n) is 8.50. The first-order chi connectivity index (χ1) is 7.13. The number of alkyl halides is 1. The molecule has 0 unspecified atom stereocenters. The summed E-state index contributed by atoms with van der Waals surface area (Å²) in [4.78, 5) is 14.4. The Balaban J connectivity index is 2.33. The molecule has 0 bridgehead atoms. The largest absolute Gasteiger partial charge is 0.345 e. The maximum atomic E-state index is 11.4. The molecular formula is C10H13BrClNOS. The molecule has 0 saturated heterocycles. The van der Waals surface area contributed by atoms with Crippen molar-refractivity contribution in [1.82, 2.24) is 4.90 Å². The number of hydrogen-bond donors (Lipinski definition) is 0. The van der Waals surface area contributed by atoms with E-state index in [9.17, 15) is 4.79 Å². The number of halogens is 2. The highest BCUT2D eigenvalue weighted by molar-refractivity contribution is 9.10. The second kappa shape index (κ2) is 6.51. The average molecular weight is 311 g/mol. The second-order valence-corrected chi connectivity index (χ2v) is 5.52. The Morgan fingerprint density at radius 1 is 1.67 bits per heavy atom. The van der Waals surface area contributed by atoms with Crippen molar-refractivity contribution in [2.24, 2.45) is 0 Å². The molecule has 0 saturated carbocycles. The van der Waals surface area contributed by atoms with Gasteiger partial charge >= 0.3 is 0 Å². The van der Waals surface area contributed by atoms with Gasteiger partial charge in [-0.05, 0) is 28.4 Å². The van der Waals surface area contributed by atoms with E-state index >= 15 is 0 Å². The van der Waals surface area contributed by atoms with Gasteiger partial charge in [-0.25, -0.2) is 0 Å². The van der Waals surface area contributed by atoms with Crippen molar-refractivity contribution in [2.75, 3.05) is 19.5 Å². The first kappa shape index (κ1) is 13.0. The number of likely N-dealkylation sites (N-methyl/N-ethyl adjacent to an activating group) is 1. The van der Waals surface area contributed by atoms with Crippen molar-refractivity contribution in [3.63, 3.8) is 0 Å². The fraction of sp³-hybridized carbons (Fsp3) is 0.500. The molecule has 15 heavy (non-hydrogen) atoms. The summed E-state index contributed by atoms with van der Waals surface area (Å²) in [5.41, 5.74) is 0. The Morgan fingerprint density at radius 3 is 2.93 bits per heavy atom. The molecule has 1 aromatic rings. The monoisotopic (exact) mass is 309 g/mol. The number of thiophene rings is 1. The van der Waals surface area contributed by atoms with Gasteiger partial charge in [-0.15, -0.1) is 22.9 Å². The van der Waals surface area contributed by atoms with E-state index in [1.165, 1.54) is 4.88 Å². The summed E-state index contributed by atoms with van der Waals surface area (Å²) in [6.45, 7) is 0.753. The summed E-state index contributed by atoms with van der Waals surface area (Å²) in [5.74, 6) is 0.508. The van der Waals surface area contributed by atoms with Gasteiger partial charge in [0, 0.05) is 40.6 Å². The Bertz CT molecular complexity index is 329. The minimum atomic E-state index is 0.112. The third-order valence-corrected chi connectivity index (χ3v) is 4.00. The van der Waals surface area contributed by atoms with Gasteiger partial charge in [0.25, 0.3) is 0 Å². The van der Waals surface area contributed by atoms with Gasteiger partial charge in [0.05, 0.1) is 0 Å². The fourth-order valence-corrected chi connectivity index (χ4v) is 2.77. The van der Waals surface area contributed by atoms with Crippen LogP contribution in [0.2, 0.25) is 0 Å². The van der Waals surface area contributed by atoms with Gasteiger partial charge < -0.3 is 4.90 Å². The molecule has 0 aromatic carbocycles. The van der Waals surface area contributed by atoms with Gasteiger partial charge in [0.1, 0.15) is 0 Å². The Kier molecular flexibility index (Phi) is 5.64. The smallest absolute Gasteiger partial charge is 0.223 e. The number of amides is 1. The van der Waals surface area contributed by atoms with Crippen molar-refractivity contribution in [3.8, 4) is 0 Å². The highest BCUT2D eigenvalue weighted by Crippen LogP contribution is 2.20. The minimum Gasteiger partial charge on any atom is -0.345 e. The molecule has 2 nitrogen and oxygen atoms in total. The zero-order chi connectivity index (χ0) is 11.3. The molecule has 1 aromatic heterocycles. The second-order valence-electron chi connectivity index (χ2n) is 3.24. The van der Waals surface area contributed by atoms with E-state index < -0.39 is 0 Å². The van der Waals surface area contributed by atoms with E-state index in [0.717, 1.165) is 17.4 Å². The summed E-state index contributed by atoms with van der Waals surface area (Å²) in [7, 11) is 1.82. The lowest BCUT2D eigenvalue weighted by Gasteiger charge is -2.15. The molecular weight excluding hydrogens is 298 g/mol. The molecule has 0 aliphatic carbocycles. The number of carbonyl (C=O) groups excluding carboxylic acids is 1. The van der Waals surface area contributed by atoms with Crippen molar-refractivity contribution < 1.29 is 4.79 Å². The van der Waals surface area contributed by atoms with Crippen molar-refractivity contribution in [3.05, 3.63) is 20.8 Å². The van der Waals surface area contributed by atoms with E-state index in [1.807, 2.05) is 7.05 Å². The minimum absolute atomic E-state index is 0.112. The van der Waals surface area contributed by atoms with Crippen LogP contribution in [0.1, 0.15) is 11.3 Å². The summed E-state index contributed by atoms with van der Waals surface area (Å²) in [6, 6.07) is 2.09. The topological polar surface area (TPSA) is 20.3 Å². The maximum Gasteiger partial charge on any atom is 0.223 e. The van der Waals surface area contributed by atoms with E-state index in [2.05, 4.69) is 27.4 Å². The summed E-state index contributed by atoms with van der Waals surface area (Å²) in [6.07, 6.45) is 1.33. The van der Waals surface area contributed by atoms with Crippen LogP contribution in [-0.4, -0.2) is 30.3 Å². The first-order valence-corrected chi connectivity index (χ1v) is 6.87. The van der Waals surface area contributed by atoms with Crippen LogP contribution in [0.5, 0.6) is 0 Å². The molecule has 1 rings (SSSR count). The number of rotatable bonds is 5. The Labute approximate surface area is 107 Å². The van der Waals surface area contributed by atoms with Gasteiger partial charge in [-0.1, -0.05) is 0 Å². The van der Waals surface area contributed by atoms with E-state index in [1.54, 1.807) is 16.2 Å². The van der Waals surface area contributed by atoms with Crippen LogP contribution in [0.3, 0.4) is 0 Å². The van der Waals surface area contributed by atoms with Crippen LogP contribution >= 0.6 is 38.9 Å². The average Bonchev–Trinajstić information content (AvgIpc) is 2.61. The third kappa shape index (κ3) is 4.53. The molecule has 0 aliphatic rings. The molecule has 0 radical (unpaired) electrons. The number of hydrogen-bond acceptors (Lipinski definition) is 2. The van der Waals surface area contributed by atoms with Crippen LogP contribution in [-0.2, 0) is 11.2 Å². The Hall–Kier alpha value is -0.0600. The molecule has 84 valence electrons. The predicted molar refractivity (Wildman–Crippen MR) is 68.7 cm³/mol. The highest BCUT2D eigenvalue weighted by Gasteiger charge is 2.08. The zero-order valence-corrected chi connectivity index (χ0v) is 11.7. The SMILES string of the molecule is CN(CCc1cc(Br)cs1)C(=O)CCCl. The molecule has 0 aliphatic heterocycles. The van der Waals surface area contributed by atoms with Crippen LogP contribution in [0.15, 0.2) is 15.9 Å². The summed E-state index contributed by atoms with van der Waals surface area (Å²) < 4.78 is 1.11. The number of carbonyl (C=O) groups is 1. The van der Waals surface area contributed by atoms with Crippen LogP contribution in [0.25, 0.3) is 0 Å². The molecule has 1 amide bonds. The van der Waals surface area contributed by atoms with Crippen LogP contribution < -0.4 is 0 Å². The van der Waals surface area contributed by atoms with Crippen molar-refractivity contribution >= 4 is 44.8 Å². The normalized spacial score (nSPS) is 10.3. The Morgan fingerprint density at radius 2 is 2.40 bits per heavy atom. The molecule has 0 N–H and O–H groups in total. The molecule has 0 atom stereocenters. The lowest BCUT2D eigenvalue weighted by Crippen LogP contribution is -2.28. The van der Waals surface area contributed by atoms with E-state index in [4.69, 9.17) is 11.6 Å². The third-order valence-electron chi connectivity index (χ3n) is 2.05. The van der Waals surface area contributed by atoms with Crippen molar-refractivity contribution in [2.45, 2.75) is 12.8 Å². The summed E-state index contributed by atoms with van der Waals surface area (Å²) in [5, 5.41) is 2.05. The molecule has 1 heterocycles. The lowest BCUT2D eigenvalue weighted by molar-refractivity contribution is -0.129. The van der Waals surface area contributed by atoms with Crippen LogP contribution in [0.4, 0.5) is 0 Å². The summed E-state index contributed by atoms with van der Waals surface area (Å²) >= 11 is 10.6.